The molecule has 0 spiro atoms. The smallest absolute Gasteiger partial charge is 0.150 e. The molecular formula is C15H19NO. The van der Waals surface area contributed by atoms with E-state index in [-0.39, 0.29) is 0 Å². The fourth-order valence-electron chi connectivity index (χ4n) is 3.21. The van der Waals surface area contributed by atoms with Gasteiger partial charge in [-0.2, -0.15) is 0 Å². The average molecular weight is 229 g/mol. The Morgan fingerprint density at radius 1 is 1.24 bits per heavy atom. The lowest BCUT2D eigenvalue weighted by molar-refractivity contribution is -0.133. The van der Waals surface area contributed by atoms with E-state index in [1.807, 2.05) is 0 Å². The van der Waals surface area contributed by atoms with Crippen LogP contribution in [0.25, 0.3) is 0 Å². The van der Waals surface area contributed by atoms with Gasteiger partial charge in [0.25, 0.3) is 0 Å². The lowest BCUT2D eigenvalue weighted by Crippen LogP contribution is -2.53. The van der Waals surface area contributed by atoms with Crippen molar-refractivity contribution >= 4 is 5.78 Å². The molecule has 90 valence electrons. The van der Waals surface area contributed by atoms with Crippen molar-refractivity contribution in [3.63, 3.8) is 0 Å². The summed E-state index contributed by atoms with van der Waals surface area (Å²) in [5, 5.41) is 0. The van der Waals surface area contributed by atoms with Crippen molar-refractivity contribution < 1.29 is 4.79 Å². The highest BCUT2D eigenvalue weighted by Crippen LogP contribution is 2.31. The molecule has 3 heterocycles. The highest BCUT2D eigenvalue weighted by molar-refractivity contribution is 5.84. The van der Waals surface area contributed by atoms with Crippen LogP contribution in [0.15, 0.2) is 30.3 Å². The fourth-order valence-corrected chi connectivity index (χ4v) is 3.21. The molecule has 3 aliphatic heterocycles. The third kappa shape index (κ3) is 2.27. The van der Waals surface area contributed by atoms with Gasteiger partial charge in [0.05, 0.1) is 6.54 Å². The fraction of sp³-hybridized carbons (Fsp3) is 0.533. The molecule has 3 saturated heterocycles. The molecular weight excluding hydrogens is 210 g/mol. The molecule has 4 rings (SSSR count). The number of fused-ring (bicyclic) bond motifs is 3. The summed E-state index contributed by atoms with van der Waals surface area (Å²) in [5.74, 6) is 0.855. The Hall–Kier alpha value is -1.15. The zero-order valence-electron chi connectivity index (χ0n) is 10.1. The van der Waals surface area contributed by atoms with Crippen LogP contribution in [0.4, 0.5) is 0 Å². The van der Waals surface area contributed by atoms with Gasteiger partial charge in [0.1, 0.15) is 5.78 Å². The molecule has 2 heteroatoms. The Labute approximate surface area is 103 Å². The van der Waals surface area contributed by atoms with Crippen molar-refractivity contribution in [3.8, 4) is 0 Å². The predicted molar refractivity (Wildman–Crippen MR) is 67.9 cm³/mol. The molecule has 3 unspecified atom stereocenters. The van der Waals surface area contributed by atoms with Crippen LogP contribution in [0.3, 0.4) is 0 Å². The number of carbonyl (C=O) groups excluding carboxylic acids is 1. The van der Waals surface area contributed by atoms with Gasteiger partial charge >= 0.3 is 0 Å². The van der Waals surface area contributed by atoms with Gasteiger partial charge in [0, 0.05) is 12.0 Å². The quantitative estimate of drug-likeness (QED) is 0.792. The summed E-state index contributed by atoms with van der Waals surface area (Å²) in [6, 6.07) is 11.3. The van der Waals surface area contributed by atoms with Gasteiger partial charge in [-0.25, -0.2) is 0 Å². The van der Waals surface area contributed by atoms with E-state index >= 15 is 0 Å². The van der Waals surface area contributed by atoms with E-state index in [0.717, 1.165) is 25.8 Å². The SMILES string of the molecule is O=C1CN2CCC1CC2CCc1ccccc1. The molecule has 0 N–H and O–H groups in total. The van der Waals surface area contributed by atoms with Gasteiger partial charge in [-0.15, -0.1) is 0 Å². The summed E-state index contributed by atoms with van der Waals surface area (Å²) in [5.41, 5.74) is 1.42. The molecule has 0 radical (unpaired) electrons. The number of ketones is 1. The minimum absolute atomic E-state index is 0.376. The zero-order valence-corrected chi connectivity index (χ0v) is 10.1. The number of hydrogen-bond acceptors (Lipinski definition) is 2. The number of rotatable bonds is 3. The molecule has 3 fully saturated rings. The van der Waals surface area contributed by atoms with Crippen LogP contribution in [0.5, 0.6) is 0 Å². The number of piperidine rings is 3. The van der Waals surface area contributed by atoms with Crippen LogP contribution in [-0.4, -0.2) is 29.8 Å². The Kier molecular flexibility index (Phi) is 2.98. The largest absolute Gasteiger partial charge is 0.298 e. The first-order chi connectivity index (χ1) is 8.33. The lowest BCUT2D eigenvalue weighted by atomic mass is 9.80. The van der Waals surface area contributed by atoms with E-state index in [2.05, 4.69) is 35.2 Å². The van der Waals surface area contributed by atoms with Crippen LogP contribution in [0.1, 0.15) is 24.8 Å². The standard InChI is InChI=1S/C15H19NO/c17-15-11-16-9-8-13(15)10-14(16)7-6-12-4-2-1-3-5-12/h1-5,13-14H,6-11H2. The lowest BCUT2D eigenvalue weighted by Gasteiger charge is -2.44. The summed E-state index contributed by atoms with van der Waals surface area (Å²) in [7, 11) is 0. The first-order valence-electron chi connectivity index (χ1n) is 6.63. The maximum absolute atomic E-state index is 11.6. The Morgan fingerprint density at radius 2 is 2.06 bits per heavy atom. The maximum Gasteiger partial charge on any atom is 0.150 e. The number of Topliss-reactive ketones (excluding diaryl/α,β-unsaturated/α-hetero) is 1. The van der Waals surface area contributed by atoms with E-state index < -0.39 is 0 Å². The number of hydrogen-bond donors (Lipinski definition) is 0. The summed E-state index contributed by atoms with van der Waals surface area (Å²) in [6.07, 6.45) is 4.54. The maximum atomic E-state index is 11.6. The Balaban J connectivity index is 1.58. The monoisotopic (exact) mass is 229 g/mol. The van der Waals surface area contributed by atoms with Gasteiger partial charge in [-0.1, -0.05) is 30.3 Å². The van der Waals surface area contributed by atoms with Crippen molar-refractivity contribution in [2.24, 2.45) is 5.92 Å². The van der Waals surface area contributed by atoms with Crippen molar-refractivity contribution in [2.75, 3.05) is 13.1 Å². The molecule has 2 nitrogen and oxygen atoms in total. The van der Waals surface area contributed by atoms with Gasteiger partial charge in [0.2, 0.25) is 0 Å². The molecule has 0 saturated carbocycles. The zero-order chi connectivity index (χ0) is 11.7. The molecule has 0 amide bonds. The van der Waals surface area contributed by atoms with Crippen LogP contribution in [0.2, 0.25) is 0 Å². The second-order valence-electron chi connectivity index (χ2n) is 5.34. The van der Waals surface area contributed by atoms with Crippen molar-refractivity contribution in [1.82, 2.24) is 4.90 Å². The second kappa shape index (κ2) is 4.61. The molecule has 2 bridgehead atoms. The van der Waals surface area contributed by atoms with E-state index in [1.165, 1.54) is 12.0 Å². The van der Waals surface area contributed by atoms with Crippen LogP contribution in [-0.2, 0) is 11.2 Å². The van der Waals surface area contributed by atoms with E-state index in [1.54, 1.807) is 0 Å². The second-order valence-corrected chi connectivity index (χ2v) is 5.34. The highest BCUT2D eigenvalue weighted by Gasteiger charge is 2.38. The summed E-state index contributed by atoms with van der Waals surface area (Å²) in [6.45, 7) is 1.85. The highest BCUT2D eigenvalue weighted by atomic mass is 16.1. The van der Waals surface area contributed by atoms with Crippen LogP contribution >= 0.6 is 0 Å². The molecule has 0 aliphatic carbocycles. The molecule has 1 aromatic rings. The normalized spacial score (nSPS) is 31.8. The summed E-state index contributed by atoms with van der Waals surface area (Å²) < 4.78 is 0. The number of aryl methyl sites for hydroxylation is 1. The Morgan fingerprint density at radius 3 is 2.71 bits per heavy atom. The Bertz CT molecular complexity index is 401. The first-order valence-corrected chi connectivity index (χ1v) is 6.63. The first kappa shape index (κ1) is 11.0. The van der Waals surface area contributed by atoms with Gasteiger partial charge in [0.15, 0.2) is 0 Å². The molecule has 3 aliphatic rings. The van der Waals surface area contributed by atoms with E-state index in [0.29, 0.717) is 24.3 Å². The van der Waals surface area contributed by atoms with Crippen LogP contribution < -0.4 is 0 Å². The predicted octanol–water partition coefficient (Wildman–Crippen LogP) is 2.28. The van der Waals surface area contributed by atoms with Crippen molar-refractivity contribution in [3.05, 3.63) is 35.9 Å². The molecule has 1 aromatic carbocycles. The molecule has 3 atom stereocenters. The molecule has 0 aromatic heterocycles. The third-order valence-electron chi connectivity index (χ3n) is 4.26. The summed E-state index contributed by atoms with van der Waals surface area (Å²) >= 11 is 0. The van der Waals surface area contributed by atoms with Gasteiger partial charge in [-0.3, -0.25) is 9.69 Å². The minimum atomic E-state index is 0.376. The minimum Gasteiger partial charge on any atom is -0.298 e. The van der Waals surface area contributed by atoms with Gasteiger partial charge in [-0.05, 0) is 37.8 Å². The summed E-state index contributed by atoms with van der Waals surface area (Å²) in [4.78, 5) is 14.0. The molecule has 17 heavy (non-hydrogen) atoms. The topological polar surface area (TPSA) is 20.3 Å². The average Bonchev–Trinajstić information content (AvgIpc) is 2.39. The van der Waals surface area contributed by atoms with E-state index in [9.17, 15) is 4.79 Å². The van der Waals surface area contributed by atoms with Gasteiger partial charge < -0.3 is 0 Å². The number of nitrogens with zero attached hydrogens (tertiary/aromatic N) is 1. The number of carbonyl (C=O) groups is 1. The third-order valence-corrected chi connectivity index (χ3v) is 4.26. The number of benzene rings is 1. The van der Waals surface area contributed by atoms with E-state index in [4.69, 9.17) is 0 Å². The van der Waals surface area contributed by atoms with Crippen molar-refractivity contribution in [2.45, 2.75) is 31.7 Å². The van der Waals surface area contributed by atoms with Crippen molar-refractivity contribution in [1.29, 1.82) is 0 Å². The van der Waals surface area contributed by atoms with Crippen LogP contribution in [0, 0.1) is 5.92 Å².